The molecule has 1 amide bonds. The summed E-state index contributed by atoms with van der Waals surface area (Å²) in [6.45, 7) is 3.69. The van der Waals surface area contributed by atoms with Crippen molar-refractivity contribution in [2.45, 2.75) is 26.7 Å². The van der Waals surface area contributed by atoms with Crippen molar-refractivity contribution in [3.8, 4) is 0 Å². The van der Waals surface area contributed by atoms with Crippen LogP contribution < -0.4 is 10.0 Å². The van der Waals surface area contributed by atoms with Crippen LogP contribution in [0.25, 0.3) is 0 Å². The number of nitrogens with one attached hydrogen (secondary N) is 2. The fraction of sp³-hybridized carbons (Fsp3) is 0.316. The summed E-state index contributed by atoms with van der Waals surface area (Å²) >= 11 is 0. The minimum absolute atomic E-state index is 0.00118. The van der Waals surface area contributed by atoms with Crippen LogP contribution in [0.1, 0.15) is 23.1 Å². The lowest BCUT2D eigenvalue weighted by Gasteiger charge is -2.09. The molecule has 134 valence electrons. The zero-order valence-electron chi connectivity index (χ0n) is 14.6. The molecule has 0 bridgehead atoms. The highest BCUT2D eigenvalue weighted by Crippen LogP contribution is 2.13. The maximum absolute atomic E-state index is 12.0. The molecule has 25 heavy (non-hydrogen) atoms. The summed E-state index contributed by atoms with van der Waals surface area (Å²) in [5, 5.41) is 2.70. The van der Waals surface area contributed by atoms with Crippen LogP contribution in [0.3, 0.4) is 0 Å². The van der Waals surface area contributed by atoms with E-state index in [1.807, 2.05) is 56.3 Å². The first-order valence-corrected chi connectivity index (χ1v) is 9.89. The Morgan fingerprint density at radius 1 is 1.00 bits per heavy atom. The van der Waals surface area contributed by atoms with Gasteiger partial charge in [0.2, 0.25) is 15.9 Å². The van der Waals surface area contributed by atoms with Crippen molar-refractivity contribution in [1.82, 2.24) is 4.72 Å². The number of amides is 1. The van der Waals surface area contributed by atoms with E-state index >= 15 is 0 Å². The van der Waals surface area contributed by atoms with Crippen molar-refractivity contribution in [1.29, 1.82) is 0 Å². The third kappa shape index (κ3) is 6.68. The van der Waals surface area contributed by atoms with Crippen LogP contribution in [0.5, 0.6) is 0 Å². The van der Waals surface area contributed by atoms with E-state index in [-0.39, 0.29) is 18.2 Å². The molecule has 0 atom stereocenters. The number of carbonyl (C=O) groups is 1. The minimum atomic E-state index is -3.46. The molecule has 0 unspecified atom stereocenters. The van der Waals surface area contributed by atoms with Crippen molar-refractivity contribution < 1.29 is 13.2 Å². The van der Waals surface area contributed by atoms with Gasteiger partial charge in [0.05, 0.1) is 12.3 Å². The molecule has 0 aliphatic heterocycles. The zero-order valence-corrected chi connectivity index (χ0v) is 15.4. The minimum Gasteiger partial charge on any atom is -0.325 e. The number of hydrogen-bond acceptors (Lipinski definition) is 3. The quantitative estimate of drug-likeness (QED) is 0.760. The predicted octanol–water partition coefficient (Wildman–Crippen LogP) is 2.79. The van der Waals surface area contributed by atoms with Gasteiger partial charge in [-0.15, -0.1) is 0 Å². The summed E-state index contributed by atoms with van der Waals surface area (Å²) in [7, 11) is -3.46. The fourth-order valence-electron chi connectivity index (χ4n) is 2.38. The number of anilines is 1. The molecule has 0 aliphatic rings. The van der Waals surface area contributed by atoms with E-state index in [4.69, 9.17) is 0 Å². The van der Waals surface area contributed by atoms with Crippen LogP contribution >= 0.6 is 0 Å². The van der Waals surface area contributed by atoms with Crippen LogP contribution in [-0.4, -0.2) is 26.6 Å². The van der Waals surface area contributed by atoms with Crippen LogP contribution in [0.4, 0.5) is 5.69 Å². The van der Waals surface area contributed by atoms with Crippen molar-refractivity contribution in [2.75, 3.05) is 17.6 Å². The molecule has 2 aromatic carbocycles. The van der Waals surface area contributed by atoms with E-state index in [1.165, 1.54) is 0 Å². The summed E-state index contributed by atoms with van der Waals surface area (Å²) in [4.78, 5) is 11.9. The van der Waals surface area contributed by atoms with Gasteiger partial charge in [-0.2, -0.15) is 0 Å². The number of carbonyl (C=O) groups excluding carboxylic acids is 1. The van der Waals surface area contributed by atoms with Crippen molar-refractivity contribution in [2.24, 2.45) is 0 Å². The predicted molar refractivity (Wildman–Crippen MR) is 101 cm³/mol. The highest BCUT2D eigenvalue weighted by atomic mass is 32.2. The summed E-state index contributed by atoms with van der Waals surface area (Å²) < 4.78 is 26.3. The molecule has 0 aromatic heterocycles. The number of benzene rings is 2. The highest BCUT2D eigenvalue weighted by Gasteiger charge is 2.12. The van der Waals surface area contributed by atoms with Crippen molar-refractivity contribution >= 4 is 21.6 Å². The van der Waals surface area contributed by atoms with Gasteiger partial charge in [0.15, 0.2) is 0 Å². The maximum Gasteiger partial charge on any atom is 0.239 e. The molecule has 0 heterocycles. The Hall–Kier alpha value is -2.18. The van der Waals surface area contributed by atoms with Crippen LogP contribution in [0, 0.1) is 13.8 Å². The Morgan fingerprint density at radius 3 is 2.40 bits per heavy atom. The molecular formula is C19H24N2O3S. The second kappa shape index (κ2) is 8.78. The monoisotopic (exact) mass is 360 g/mol. The van der Waals surface area contributed by atoms with E-state index in [0.29, 0.717) is 18.5 Å². The van der Waals surface area contributed by atoms with Gasteiger partial charge in [0, 0.05) is 5.69 Å². The Kier molecular flexibility index (Phi) is 6.73. The van der Waals surface area contributed by atoms with Gasteiger partial charge in [-0.25, -0.2) is 13.1 Å². The zero-order chi connectivity index (χ0) is 18.3. The molecule has 2 aromatic rings. The summed E-state index contributed by atoms with van der Waals surface area (Å²) in [6.07, 6.45) is 1.20. The topological polar surface area (TPSA) is 75.3 Å². The summed E-state index contributed by atoms with van der Waals surface area (Å²) in [5.41, 5.74) is 3.97. The first kappa shape index (κ1) is 19.1. The molecule has 0 radical (unpaired) electrons. The summed E-state index contributed by atoms with van der Waals surface area (Å²) in [6, 6.07) is 15.3. The number of sulfonamides is 1. The molecule has 0 spiro atoms. The van der Waals surface area contributed by atoms with Gasteiger partial charge in [-0.05, 0) is 55.5 Å². The molecule has 0 aliphatic carbocycles. The van der Waals surface area contributed by atoms with E-state index in [1.54, 1.807) is 6.07 Å². The van der Waals surface area contributed by atoms with Gasteiger partial charge in [-0.1, -0.05) is 36.4 Å². The van der Waals surface area contributed by atoms with E-state index in [0.717, 1.165) is 16.7 Å². The third-order valence-corrected chi connectivity index (χ3v) is 5.37. The molecule has 5 nitrogen and oxygen atoms in total. The second-order valence-corrected chi connectivity index (χ2v) is 8.00. The average Bonchev–Trinajstić information content (AvgIpc) is 2.57. The first-order chi connectivity index (χ1) is 11.9. The Morgan fingerprint density at radius 2 is 1.72 bits per heavy atom. The van der Waals surface area contributed by atoms with Gasteiger partial charge >= 0.3 is 0 Å². The lowest BCUT2D eigenvalue weighted by atomic mass is 10.1. The average molecular weight is 360 g/mol. The van der Waals surface area contributed by atoms with E-state index < -0.39 is 10.0 Å². The maximum atomic E-state index is 12.0. The normalized spacial score (nSPS) is 11.3. The SMILES string of the molecule is Cc1ccc(NC(=O)CNS(=O)(=O)CCCc2ccccc2)cc1C. The molecule has 0 fully saturated rings. The Bertz CT molecular complexity index is 818. The Balaban J connectivity index is 1.76. The first-order valence-electron chi connectivity index (χ1n) is 8.24. The number of hydrogen-bond donors (Lipinski definition) is 2. The van der Waals surface area contributed by atoms with Gasteiger partial charge in [0.1, 0.15) is 0 Å². The molecule has 0 saturated heterocycles. The van der Waals surface area contributed by atoms with Gasteiger partial charge < -0.3 is 5.32 Å². The van der Waals surface area contributed by atoms with E-state index in [9.17, 15) is 13.2 Å². The standard InChI is InChI=1S/C19H24N2O3S/c1-15-10-11-18(13-16(15)2)21-19(22)14-20-25(23,24)12-6-9-17-7-4-3-5-8-17/h3-5,7-8,10-11,13,20H,6,9,12,14H2,1-2H3,(H,21,22). The fourth-order valence-corrected chi connectivity index (χ4v) is 3.40. The molecule has 0 saturated carbocycles. The molecule has 2 rings (SSSR count). The molecule has 2 N–H and O–H groups in total. The number of aryl methyl sites for hydroxylation is 3. The van der Waals surface area contributed by atoms with Crippen LogP contribution in [-0.2, 0) is 21.2 Å². The second-order valence-electron chi connectivity index (χ2n) is 6.08. The smallest absolute Gasteiger partial charge is 0.239 e. The summed E-state index contributed by atoms with van der Waals surface area (Å²) in [5.74, 6) is -0.381. The molecule has 6 heteroatoms. The lowest BCUT2D eigenvalue weighted by molar-refractivity contribution is -0.115. The van der Waals surface area contributed by atoms with Gasteiger partial charge in [-0.3, -0.25) is 4.79 Å². The lowest BCUT2D eigenvalue weighted by Crippen LogP contribution is -2.34. The largest absolute Gasteiger partial charge is 0.325 e. The number of rotatable bonds is 8. The Labute approximate surface area is 149 Å². The van der Waals surface area contributed by atoms with Crippen molar-refractivity contribution in [3.05, 3.63) is 65.2 Å². The third-order valence-electron chi connectivity index (χ3n) is 3.96. The van der Waals surface area contributed by atoms with E-state index in [2.05, 4.69) is 10.0 Å². The van der Waals surface area contributed by atoms with Crippen LogP contribution in [0.2, 0.25) is 0 Å². The van der Waals surface area contributed by atoms with Crippen LogP contribution in [0.15, 0.2) is 48.5 Å². The van der Waals surface area contributed by atoms with Crippen molar-refractivity contribution in [3.63, 3.8) is 0 Å². The van der Waals surface area contributed by atoms with Gasteiger partial charge in [0.25, 0.3) is 0 Å². The highest BCUT2D eigenvalue weighted by molar-refractivity contribution is 7.89. The molecular weight excluding hydrogens is 336 g/mol.